The van der Waals surface area contributed by atoms with E-state index in [1.54, 1.807) is 6.07 Å². The average molecular weight is 243 g/mol. The minimum Gasteiger partial charge on any atom is -0.486 e. The zero-order valence-corrected chi connectivity index (χ0v) is 10.2. The van der Waals surface area contributed by atoms with Crippen LogP contribution in [-0.4, -0.2) is 24.9 Å². The summed E-state index contributed by atoms with van der Waals surface area (Å²) >= 11 is 6.18. The molecule has 3 nitrogen and oxygen atoms in total. The molecular formula is C12H15ClO3. The molecule has 16 heavy (non-hydrogen) atoms. The van der Waals surface area contributed by atoms with E-state index in [1.807, 2.05) is 19.9 Å². The molecule has 1 aliphatic rings. The molecule has 4 heteroatoms. The van der Waals surface area contributed by atoms with Crippen LogP contribution in [0.1, 0.15) is 19.4 Å². The Morgan fingerprint density at radius 3 is 2.38 bits per heavy atom. The van der Waals surface area contributed by atoms with Crippen molar-refractivity contribution in [2.75, 3.05) is 19.8 Å². The molecule has 0 saturated carbocycles. The van der Waals surface area contributed by atoms with E-state index in [0.717, 1.165) is 5.56 Å². The molecule has 1 N–H and O–H groups in total. The smallest absolute Gasteiger partial charge is 0.162 e. The van der Waals surface area contributed by atoms with Crippen LogP contribution in [0.3, 0.4) is 0 Å². The van der Waals surface area contributed by atoms with Crippen LogP contribution in [0.15, 0.2) is 12.1 Å². The molecule has 0 unspecified atom stereocenters. The minimum atomic E-state index is -0.382. The van der Waals surface area contributed by atoms with Crippen LogP contribution in [0.5, 0.6) is 11.5 Å². The summed E-state index contributed by atoms with van der Waals surface area (Å²) in [5.41, 5.74) is 0.494. The molecule has 1 aromatic rings. The highest BCUT2D eigenvalue weighted by atomic mass is 35.5. The van der Waals surface area contributed by atoms with Crippen LogP contribution in [-0.2, 0) is 5.41 Å². The molecule has 0 bridgehead atoms. The lowest BCUT2D eigenvalue weighted by atomic mass is 9.85. The van der Waals surface area contributed by atoms with Gasteiger partial charge < -0.3 is 14.6 Å². The van der Waals surface area contributed by atoms with E-state index in [0.29, 0.717) is 29.7 Å². The Bertz CT molecular complexity index is 401. The maximum absolute atomic E-state index is 9.35. The van der Waals surface area contributed by atoms with E-state index in [2.05, 4.69) is 0 Å². The van der Waals surface area contributed by atoms with Crippen molar-refractivity contribution in [2.45, 2.75) is 19.3 Å². The summed E-state index contributed by atoms with van der Waals surface area (Å²) in [6.07, 6.45) is 0. The van der Waals surface area contributed by atoms with Crippen molar-refractivity contribution < 1.29 is 14.6 Å². The number of hydrogen-bond donors (Lipinski definition) is 1. The van der Waals surface area contributed by atoms with Crippen molar-refractivity contribution >= 4 is 11.6 Å². The quantitative estimate of drug-likeness (QED) is 0.866. The summed E-state index contributed by atoms with van der Waals surface area (Å²) in [6.45, 7) is 5.00. The molecule has 2 rings (SSSR count). The van der Waals surface area contributed by atoms with Crippen molar-refractivity contribution in [1.29, 1.82) is 0 Å². The summed E-state index contributed by atoms with van der Waals surface area (Å²) in [4.78, 5) is 0. The summed E-state index contributed by atoms with van der Waals surface area (Å²) < 4.78 is 10.9. The Morgan fingerprint density at radius 1 is 1.25 bits per heavy atom. The first-order valence-electron chi connectivity index (χ1n) is 5.25. The minimum absolute atomic E-state index is 0.0341. The Kier molecular flexibility index (Phi) is 3.00. The fourth-order valence-corrected chi connectivity index (χ4v) is 2.08. The predicted molar refractivity (Wildman–Crippen MR) is 62.6 cm³/mol. The third-order valence-electron chi connectivity index (χ3n) is 2.76. The van der Waals surface area contributed by atoms with E-state index in [9.17, 15) is 5.11 Å². The van der Waals surface area contributed by atoms with Crippen molar-refractivity contribution in [2.24, 2.45) is 0 Å². The number of hydrogen-bond acceptors (Lipinski definition) is 3. The average Bonchev–Trinajstić information content (AvgIpc) is 2.28. The van der Waals surface area contributed by atoms with E-state index in [1.165, 1.54) is 0 Å². The molecule has 0 radical (unpaired) electrons. The Labute approximate surface area is 99.9 Å². The summed E-state index contributed by atoms with van der Waals surface area (Å²) in [6, 6.07) is 3.61. The van der Waals surface area contributed by atoms with Gasteiger partial charge in [0.25, 0.3) is 0 Å². The SMILES string of the molecule is CC(C)(CO)c1cc2c(cc1Cl)OCCO2. The van der Waals surface area contributed by atoms with Gasteiger partial charge in [-0.3, -0.25) is 0 Å². The van der Waals surface area contributed by atoms with Gasteiger partial charge in [-0.25, -0.2) is 0 Å². The fourth-order valence-electron chi connectivity index (χ4n) is 1.67. The highest BCUT2D eigenvalue weighted by Gasteiger charge is 2.25. The normalized spacial score (nSPS) is 15.0. The van der Waals surface area contributed by atoms with E-state index in [-0.39, 0.29) is 12.0 Å². The second kappa shape index (κ2) is 4.15. The molecule has 0 atom stereocenters. The van der Waals surface area contributed by atoms with Crippen LogP contribution < -0.4 is 9.47 Å². The number of ether oxygens (including phenoxy) is 2. The summed E-state index contributed by atoms with van der Waals surface area (Å²) in [7, 11) is 0. The van der Waals surface area contributed by atoms with E-state index >= 15 is 0 Å². The van der Waals surface area contributed by atoms with Crippen LogP contribution in [0.25, 0.3) is 0 Å². The maximum Gasteiger partial charge on any atom is 0.162 e. The lowest BCUT2D eigenvalue weighted by molar-refractivity contribution is 0.170. The van der Waals surface area contributed by atoms with Gasteiger partial charge in [-0.2, -0.15) is 0 Å². The monoisotopic (exact) mass is 242 g/mol. The van der Waals surface area contributed by atoms with Crippen LogP contribution in [0.2, 0.25) is 5.02 Å². The standard InChI is InChI=1S/C12H15ClO3/c1-12(2,7-14)8-5-10-11(6-9(8)13)16-4-3-15-10/h5-6,14H,3-4,7H2,1-2H3. The number of aliphatic hydroxyl groups excluding tert-OH is 1. The number of benzene rings is 1. The first-order valence-corrected chi connectivity index (χ1v) is 5.63. The van der Waals surface area contributed by atoms with Crippen LogP contribution >= 0.6 is 11.6 Å². The molecule has 0 spiro atoms. The zero-order chi connectivity index (χ0) is 11.8. The van der Waals surface area contributed by atoms with Crippen molar-refractivity contribution in [3.63, 3.8) is 0 Å². The number of aliphatic hydroxyl groups is 1. The zero-order valence-electron chi connectivity index (χ0n) is 9.42. The fraction of sp³-hybridized carbons (Fsp3) is 0.500. The second-order valence-corrected chi connectivity index (χ2v) is 4.92. The van der Waals surface area contributed by atoms with E-state index < -0.39 is 0 Å². The van der Waals surface area contributed by atoms with Gasteiger partial charge >= 0.3 is 0 Å². The Hall–Kier alpha value is -0.930. The third-order valence-corrected chi connectivity index (χ3v) is 3.07. The number of fused-ring (bicyclic) bond motifs is 1. The molecular weight excluding hydrogens is 228 g/mol. The lowest BCUT2D eigenvalue weighted by Gasteiger charge is -2.26. The number of rotatable bonds is 2. The first-order chi connectivity index (χ1) is 7.54. The van der Waals surface area contributed by atoms with Crippen molar-refractivity contribution in [1.82, 2.24) is 0 Å². The van der Waals surface area contributed by atoms with Gasteiger partial charge in [0, 0.05) is 16.5 Å². The van der Waals surface area contributed by atoms with Gasteiger partial charge in [-0.1, -0.05) is 25.4 Å². The van der Waals surface area contributed by atoms with Gasteiger partial charge in [0.1, 0.15) is 13.2 Å². The molecule has 1 heterocycles. The highest BCUT2D eigenvalue weighted by molar-refractivity contribution is 6.31. The Morgan fingerprint density at radius 2 is 1.81 bits per heavy atom. The van der Waals surface area contributed by atoms with Gasteiger partial charge in [0.05, 0.1) is 6.61 Å². The van der Waals surface area contributed by atoms with E-state index in [4.69, 9.17) is 21.1 Å². The molecule has 0 fully saturated rings. The van der Waals surface area contributed by atoms with Gasteiger partial charge in [-0.15, -0.1) is 0 Å². The van der Waals surface area contributed by atoms with Crippen LogP contribution in [0.4, 0.5) is 0 Å². The topological polar surface area (TPSA) is 38.7 Å². The molecule has 1 aliphatic heterocycles. The molecule has 0 saturated heterocycles. The van der Waals surface area contributed by atoms with Crippen molar-refractivity contribution in [3.05, 3.63) is 22.7 Å². The van der Waals surface area contributed by atoms with Gasteiger partial charge in [0.2, 0.25) is 0 Å². The Balaban J connectivity index is 2.47. The summed E-state index contributed by atoms with van der Waals surface area (Å²) in [5, 5.41) is 9.95. The van der Waals surface area contributed by atoms with Gasteiger partial charge in [-0.05, 0) is 11.6 Å². The molecule has 1 aromatic carbocycles. The molecule has 0 aromatic heterocycles. The first kappa shape index (κ1) is 11.6. The lowest BCUT2D eigenvalue weighted by Crippen LogP contribution is -2.23. The number of halogens is 1. The highest BCUT2D eigenvalue weighted by Crippen LogP contribution is 2.39. The summed E-state index contributed by atoms with van der Waals surface area (Å²) in [5.74, 6) is 1.38. The largest absolute Gasteiger partial charge is 0.486 e. The van der Waals surface area contributed by atoms with Crippen LogP contribution in [0, 0.1) is 0 Å². The van der Waals surface area contributed by atoms with Crippen molar-refractivity contribution in [3.8, 4) is 11.5 Å². The van der Waals surface area contributed by atoms with Gasteiger partial charge in [0.15, 0.2) is 11.5 Å². The maximum atomic E-state index is 9.35. The molecule has 88 valence electrons. The predicted octanol–water partition coefficient (Wildman–Crippen LogP) is 2.38. The third kappa shape index (κ3) is 1.97. The molecule has 0 amide bonds. The molecule has 0 aliphatic carbocycles. The second-order valence-electron chi connectivity index (χ2n) is 4.52.